The molecule has 0 fully saturated rings. The molecule has 0 saturated carbocycles. The van der Waals surface area contributed by atoms with Gasteiger partial charge in [0.05, 0.1) is 13.2 Å². The van der Waals surface area contributed by atoms with E-state index in [2.05, 4.69) is 20.4 Å². The first-order valence-corrected chi connectivity index (χ1v) is 8.32. The molecule has 1 atom stereocenters. The monoisotopic (exact) mass is 352 g/mol. The highest BCUT2D eigenvalue weighted by molar-refractivity contribution is 5.76. The molecule has 7 nitrogen and oxygen atoms in total. The SMILES string of the molecule is COc1ccc(C(C)NC(=O)CCc2nc(-c3cccnc3)no2)cc1. The fraction of sp³-hybridized carbons (Fsp3) is 0.263. The van der Waals surface area contributed by atoms with Crippen LogP contribution in [0.5, 0.6) is 5.75 Å². The third-order valence-corrected chi connectivity index (χ3v) is 3.95. The topological polar surface area (TPSA) is 90.1 Å². The van der Waals surface area contributed by atoms with Crippen molar-refractivity contribution in [3.8, 4) is 17.1 Å². The van der Waals surface area contributed by atoms with Crippen molar-refractivity contribution in [1.82, 2.24) is 20.4 Å². The number of ether oxygens (including phenoxy) is 1. The van der Waals surface area contributed by atoms with E-state index in [9.17, 15) is 4.79 Å². The van der Waals surface area contributed by atoms with Gasteiger partial charge >= 0.3 is 0 Å². The molecule has 0 aliphatic heterocycles. The summed E-state index contributed by atoms with van der Waals surface area (Å²) in [6, 6.07) is 11.2. The third kappa shape index (κ3) is 4.44. The van der Waals surface area contributed by atoms with Crippen LogP contribution in [0.1, 0.15) is 30.8 Å². The number of carbonyl (C=O) groups is 1. The van der Waals surface area contributed by atoms with E-state index in [-0.39, 0.29) is 18.4 Å². The van der Waals surface area contributed by atoms with Crippen LogP contribution in [0.25, 0.3) is 11.4 Å². The lowest BCUT2D eigenvalue weighted by Gasteiger charge is -2.14. The van der Waals surface area contributed by atoms with Gasteiger partial charge in [-0.25, -0.2) is 0 Å². The molecule has 26 heavy (non-hydrogen) atoms. The summed E-state index contributed by atoms with van der Waals surface area (Å²) < 4.78 is 10.3. The third-order valence-electron chi connectivity index (χ3n) is 3.95. The normalized spacial score (nSPS) is 11.8. The summed E-state index contributed by atoms with van der Waals surface area (Å²) in [5, 5.41) is 6.88. The number of carbonyl (C=O) groups excluding carboxylic acids is 1. The van der Waals surface area contributed by atoms with E-state index in [4.69, 9.17) is 9.26 Å². The molecule has 0 aliphatic carbocycles. The molecular formula is C19H20N4O3. The minimum atomic E-state index is -0.0953. The molecule has 0 aliphatic rings. The predicted molar refractivity (Wildman–Crippen MR) is 95.4 cm³/mol. The number of aromatic nitrogens is 3. The predicted octanol–water partition coefficient (Wildman–Crippen LogP) is 2.95. The summed E-state index contributed by atoms with van der Waals surface area (Å²) in [4.78, 5) is 20.5. The van der Waals surface area contributed by atoms with Crippen molar-refractivity contribution in [2.75, 3.05) is 7.11 Å². The highest BCUT2D eigenvalue weighted by Crippen LogP contribution is 2.18. The molecule has 0 spiro atoms. The van der Waals surface area contributed by atoms with Crippen LogP contribution in [0.4, 0.5) is 0 Å². The lowest BCUT2D eigenvalue weighted by Crippen LogP contribution is -2.26. The molecule has 134 valence electrons. The van der Waals surface area contributed by atoms with Gasteiger partial charge in [0.2, 0.25) is 17.6 Å². The van der Waals surface area contributed by atoms with Crippen LogP contribution >= 0.6 is 0 Å². The quantitative estimate of drug-likeness (QED) is 0.703. The van der Waals surface area contributed by atoms with Crippen LogP contribution in [0.3, 0.4) is 0 Å². The minimum absolute atomic E-state index is 0.0746. The summed E-state index contributed by atoms with van der Waals surface area (Å²) in [7, 11) is 1.62. The number of aryl methyl sites for hydroxylation is 1. The zero-order valence-corrected chi connectivity index (χ0v) is 14.7. The number of hydrogen-bond acceptors (Lipinski definition) is 6. The molecule has 2 aromatic heterocycles. The molecule has 1 aromatic carbocycles. The average molecular weight is 352 g/mol. The van der Waals surface area contributed by atoms with Gasteiger partial charge in [-0.2, -0.15) is 4.98 Å². The molecule has 0 radical (unpaired) electrons. The average Bonchev–Trinajstić information content (AvgIpc) is 3.16. The van der Waals surface area contributed by atoms with Crippen molar-refractivity contribution in [1.29, 1.82) is 0 Å². The van der Waals surface area contributed by atoms with Gasteiger partial charge in [0, 0.05) is 30.8 Å². The lowest BCUT2D eigenvalue weighted by molar-refractivity contribution is -0.121. The van der Waals surface area contributed by atoms with Crippen LogP contribution in [0.15, 0.2) is 53.3 Å². The van der Waals surface area contributed by atoms with Crippen LogP contribution in [-0.2, 0) is 11.2 Å². The Bertz CT molecular complexity index is 847. The Balaban J connectivity index is 1.51. The minimum Gasteiger partial charge on any atom is -0.497 e. The fourth-order valence-electron chi connectivity index (χ4n) is 2.48. The van der Waals surface area contributed by atoms with E-state index in [1.54, 1.807) is 25.6 Å². The number of methoxy groups -OCH3 is 1. The van der Waals surface area contributed by atoms with E-state index in [1.807, 2.05) is 37.3 Å². The van der Waals surface area contributed by atoms with Crippen LogP contribution < -0.4 is 10.1 Å². The Kier molecular flexibility index (Phi) is 5.58. The van der Waals surface area contributed by atoms with Gasteiger partial charge < -0.3 is 14.6 Å². The van der Waals surface area contributed by atoms with E-state index < -0.39 is 0 Å². The Morgan fingerprint density at radius 3 is 2.77 bits per heavy atom. The first-order valence-electron chi connectivity index (χ1n) is 8.32. The van der Waals surface area contributed by atoms with Crippen molar-refractivity contribution in [2.24, 2.45) is 0 Å². The number of nitrogens with zero attached hydrogens (tertiary/aromatic N) is 3. The number of hydrogen-bond donors (Lipinski definition) is 1. The molecule has 1 unspecified atom stereocenters. The standard InChI is InChI=1S/C19H20N4O3/c1-13(14-5-7-16(25-2)8-6-14)21-17(24)9-10-18-22-19(23-26-18)15-4-3-11-20-12-15/h3-8,11-13H,9-10H2,1-2H3,(H,21,24). The molecule has 3 aromatic rings. The number of nitrogens with one attached hydrogen (secondary N) is 1. The molecule has 1 amide bonds. The second-order valence-corrected chi connectivity index (χ2v) is 5.82. The molecule has 0 bridgehead atoms. The van der Waals surface area contributed by atoms with Crippen molar-refractivity contribution >= 4 is 5.91 Å². The first kappa shape index (κ1) is 17.6. The second-order valence-electron chi connectivity index (χ2n) is 5.82. The van der Waals surface area contributed by atoms with Gasteiger partial charge in [0.1, 0.15) is 5.75 Å². The van der Waals surface area contributed by atoms with Crippen LogP contribution in [-0.4, -0.2) is 28.1 Å². The van der Waals surface area contributed by atoms with E-state index in [1.165, 1.54) is 0 Å². The maximum atomic E-state index is 12.2. The maximum Gasteiger partial charge on any atom is 0.227 e. The summed E-state index contributed by atoms with van der Waals surface area (Å²) >= 11 is 0. The van der Waals surface area contributed by atoms with E-state index in [0.717, 1.165) is 16.9 Å². The highest BCUT2D eigenvalue weighted by atomic mass is 16.5. The molecule has 2 heterocycles. The van der Waals surface area contributed by atoms with Crippen LogP contribution in [0.2, 0.25) is 0 Å². The number of pyridine rings is 1. The maximum absolute atomic E-state index is 12.2. The Hall–Kier alpha value is -3.22. The fourth-order valence-corrected chi connectivity index (χ4v) is 2.48. The van der Waals surface area contributed by atoms with E-state index >= 15 is 0 Å². The van der Waals surface area contributed by atoms with E-state index in [0.29, 0.717) is 18.1 Å². The molecule has 3 rings (SSSR count). The first-order chi connectivity index (χ1) is 12.7. The smallest absolute Gasteiger partial charge is 0.227 e. The Labute approximate surface area is 151 Å². The highest BCUT2D eigenvalue weighted by Gasteiger charge is 2.13. The zero-order chi connectivity index (χ0) is 18.4. The number of rotatable bonds is 7. The number of amides is 1. The van der Waals surface area contributed by atoms with Crippen molar-refractivity contribution < 1.29 is 14.1 Å². The Morgan fingerprint density at radius 2 is 2.08 bits per heavy atom. The second kappa shape index (κ2) is 8.24. The van der Waals surface area contributed by atoms with Gasteiger partial charge in [-0.3, -0.25) is 9.78 Å². The largest absolute Gasteiger partial charge is 0.497 e. The zero-order valence-electron chi connectivity index (χ0n) is 14.7. The summed E-state index contributed by atoms with van der Waals surface area (Å²) in [6.07, 6.45) is 4.00. The van der Waals surface area contributed by atoms with Crippen LogP contribution in [0, 0.1) is 0 Å². The van der Waals surface area contributed by atoms with Gasteiger partial charge in [-0.15, -0.1) is 0 Å². The molecule has 1 N–H and O–H groups in total. The lowest BCUT2D eigenvalue weighted by atomic mass is 10.1. The Morgan fingerprint density at radius 1 is 1.27 bits per heavy atom. The van der Waals surface area contributed by atoms with Gasteiger partial charge in [-0.1, -0.05) is 17.3 Å². The summed E-state index contributed by atoms with van der Waals surface area (Å²) in [6.45, 7) is 1.94. The molecule has 0 saturated heterocycles. The van der Waals surface area contributed by atoms with Gasteiger partial charge in [0.25, 0.3) is 0 Å². The van der Waals surface area contributed by atoms with Crippen molar-refractivity contribution in [2.45, 2.75) is 25.8 Å². The van der Waals surface area contributed by atoms with Gasteiger partial charge in [-0.05, 0) is 36.8 Å². The molecular weight excluding hydrogens is 332 g/mol. The van der Waals surface area contributed by atoms with Crippen molar-refractivity contribution in [3.05, 3.63) is 60.2 Å². The van der Waals surface area contributed by atoms with Crippen molar-refractivity contribution in [3.63, 3.8) is 0 Å². The summed E-state index contributed by atoms with van der Waals surface area (Å²) in [5.74, 6) is 1.61. The number of benzene rings is 1. The van der Waals surface area contributed by atoms with Gasteiger partial charge in [0.15, 0.2) is 0 Å². The summed E-state index contributed by atoms with van der Waals surface area (Å²) in [5.41, 5.74) is 1.79. The molecule has 7 heteroatoms.